The molecule has 0 saturated carbocycles. The monoisotopic (exact) mass is 324 g/mol. The first-order chi connectivity index (χ1) is 11.4. The molecule has 24 heavy (non-hydrogen) atoms. The average Bonchev–Trinajstić information content (AvgIpc) is 2.93. The highest BCUT2D eigenvalue weighted by Gasteiger charge is 2.35. The number of phenols is 1. The lowest BCUT2D eigenvalue weighted by atomic mass is 10.1. The van der Waals surface area contributed by atoms with E-state index in [9.17, 15) is 14.7 Å². The zero-order valence-electron chi connectivity index (χ0n) is 13.7. The van der Waals surface area contributed by atoms with Gasteiger partial charge in [-0.3, -0.25) is 9.59 Å². The molecule has 5 heteroatoms. The molecule has 0 radical (unpaired) electrons. The van der Waals surface area contributed by atoms with Crippen LogP contribution < -0.4 is 10.2 Å². The standard InChI is InChI=1S/C19H20N2O3/c1-12-3-6-15(7-4-12)21-11-14(10-18(21)23)19(24)20-16-8-5-13(2)9-17(16)22/h3-9,14,22H,10-11H2,1-2H3,(H,20,24). The number of carbonyl (C=O) groups excluding carboxylic acids is 2. The fraction of sp³-hybridized carbons (Fsp3) is 0.263. The van der Waals surface area contributed by atoms with Crippen molar-refractivity contribution in [2.24, 2.45) is 5.92 Å². The topological polar surface area (TPSA) is 69.6 Å². The molecule has 0 aromatic heterocycles. The van der Waals surface area contributed by atoms with Gasteiger partial charge in [-0.2, -0.15) is 0 Å². The fourth-order valence-electron chi connectivity index (χ4n) is 2.84. The number of rotatable bonds is 3. The van der Waals surface area contributed by atoms with Crippen molar-refractivity contribution in [2.75, 3.05) is 16.8 Å². The molecule has 2 aromatic carbocycles. The summed E-state index contributed by atoms with van der Waals surface area (Å²) in [6.07, 6.45) is 0.173. The molecule has 2 amide bonds. The van der Waals surface area contributed by atoms with Crippen LogP contribution in [0, 0.1) is 19.8 Å². The molecular formula is C19H20N2O3. The normalized spacial score (nSPS) is 17.2. The number of carbonyl (C=O) groups is 2. The van der Waals surface area contributed by atoms with E-state index in [1.54, 1.807) is 17.0 Å². The van der Waals surface area contributed by atoms with Gasteiger partial charge in [0.1, 0.15) is 5.75 Å². The van der Waals surface area contributed by atoms with Gasteiger partial charge in [0.2, 0.25) is 11.8 Å². The number of aromatic hydroxyl groups is 1. The molecule has 1 saturated heterocycles. The predicted octanol–water partition coefficient (Wildman–Crippen LogP) is 3.00. The van der Waals surface area contributed by atoms with Crippen LogP contribution in [-0.4, -0.2) is 23.5 Å². The third-order valence-corrected chi connectivity index (χ3v) is 4.25. The van der Waals surface area contributed by atoms with Gasteiger partial charge < -0.3 is 15.3 Å². The summed E-state index contributed by atoms with van der Waals surface area (Å²) >= 11 is 0. The third-order valence-electron chi connectivity index (χ3n) is 4.25. The fourth-order valence-corrected chi connectivity index (χ4v) is 2.84. The molecular weight excluding hydrogens is 304 g/mol. The van der Waals surface area contributed by atoms with Crippen LogP contribution in [0.5, 0.6) is 5.75 Å². The molecule has 124 valence electrons. The SMILES string of the molecule is Cc1ccc(N2CC(C(=O)Nc3ccc(C)cc3O)CC2=O)cc1. The van der Waals surface area contributed by atoms with Gasteiger partial charge >= 0.3 is 0 Å². The quantitative estimate of drug-likeness (QED) is 0.853. The summed E-state index contributed by atoms with van der Waals surface area (Å²) in [4.78, 5) is 26.3. The van der Waals surface area contributed by atoms with E-state index in [4.69, 9.17) is 0 Å². The second kappa shape index (κ2) is 6.35. The zero-order valence-corrected chi connectivity index (χ0v) is 13.7. The van der Waals surface area contributed by atoms with Crippen LogP contribution in [0.3, 0.4) is 0 Å². The lowest BCUT2D eigenvalue weighted by Crippen LogP contribution is -2.28. The van der Waals surface area contributed by atoms with Crippen LogP contribution in [0.1, 0.15) is 17.5 Å². The Morgan fingerprint density at radius 3 is 2.46 bits per heavy atom. The van der Waals surface area contributed by atoms with Crippen molar-refractivity contribution in [3.05, 3.63) is 53.6 Å². The first-order valence-corrected chi connectivity index (χ1v) is 7.91. The summed E-state index contributed by atoms with van der Waals surface area (Å²) in [6, 6.07) is 12.7. The Kier molecular flexibility index (Phi) is 4.25. The van der Waals surface area contributed by atoms with Gasteiger partial charge in [-0.1, -0.05) is 23.8 Å². The van der Waals surface area contributed by atoms with Gasteiger partial charge in [0.15, 0.2) is 0 Å². The van der Waals surface area contributed by atoms with Crippen molar-refractivity contribution in [3.63, 3.8) is 0 Å². The van der Waals surface area contributed by atoms with Crippen molar-refractivity contribution in [1.29, 1.82) is 0 Å². The number of nitrogens with one attached hydrogen (secondary N) is 1. The number of hydrogen-bond acceptors (Lipinski definition) is 3. The maximum absolute atomic E-state index is 12.4. The van der Waals surface area contributed by atoms with Crippen molar-refractivity contribution < 1.29 is 14.7 Å². The van der Waals surface area contributed by atoms with E-state index < -0.39 is 5.92 Å². The summed E-state index contributed by atoms with van der Waals surface area (Å²) in [5.74, 6) is -0.716. The molecule has 1 aliphatic rings. The molecule has 5 nitrogen and oxygen atoms in total. The number of anilines is 2. The van der Waals surface area contributed by atoms with E-state index in [2.05, 4.69) is 5.32 Å². The first kappa shape index (κ1) is 16.1. The highest BCUT2D eigenvalue weighted by molar-refractivity contribution is 6.03. The minimum absolute atomic E-state index is 0.0306. The number of hydrogen-bond donors (Lipinski definition) is 2. The Bertz CT molecular complexity index is 784. The first-order valence-electron chi connectivity index (χ1n) is 7.91. The molecule has 3 rings (SSSR count). The van der Waals surface area contributed by atoms with Crippen LogP contribution in [0.4, 0.5) is 11.4 Å². The van der Waals surface area contributed by atoms with E-state index in [1.165, 1.54) is 0 Å². The van der Waals surface area contributed by atoms with E-state index in [0.29, 0.717) is 12.2 Å². The Hall–Kier alpha value is -2.82. The maximum atomic E-state index is 12.4. The van der Waals surface area contributed by atoms with Gasteiger partial charge in [0.05, 0.1) is 11.6 Å². The Labute approximate surface area is 140 Å². The number of nitrogens with zero attached hydrogens (tertiary/aromatic N) is 1. The Morgan fingerprint density at radius 2 is 1.79 bits per heavy atom. The van der Waals surface area contributed by atoms with Crippen molar-refractivity contribution in [3.8, 4) is 5.75 Å². The van der Waals surface area contributed by atoms with Crippen LogP contribution in [0.15, 0.2) is 42.5 Å². The summed E-state index contributed by atoms with van der Waals surface area (Å²) in [7, 11) is 0. The van der Waals surface area contributed by atoms with Crippen molar-refractivity contribution in [1.82, 2.24) is 0 Å². The lowest BCUT2D eigenvalue weighted by molar-refractivity contribution is -0.122. The molecule has 1 aliphatic heterocycles. The average molecular weight is 324 g/mol. The van der Waals surface area contributed by atoms with Gasteiger partial charge in [-0.05, 0) is 43.7 Å². The lowest BCUT2D eigenvalue weighted by Gasteiger charge is -2.17. The van der Waals surface area contributed by atoms with Crippen LogP contribution in [-0.2, 0) is 9.59 Å². The molecule has 1 fully saturated rings. The number of phenolic OH excluding ortho intramolecular Hbond substituents is 1. The highest BCUT2D eigenvalue weighted by Crippen LogP contribution is 2.28. The summed E-state index contributed by atoms with van der Waals surface area (Å²) < 4.78 is 0. The van der Waals surface area contributed by atoms with Crippen LogP contribution in [0.2, 0.25) is 0 Å². The molecule has 2 N–H and O–H groups in total. The minimum Gasteiger partial charge on any atom is -0.506 e. The van der Waals surface area contributed by atoms with E-state index in [1.807, 2.05) is 44.2 Å². The summed E-state index contributed by atoms with van der Waals surface area (Å²) in [6.45, 7) is 4.20. The van der Waals surface area contributed by atoms with Crippen LogP contribution in [0.25, 0.3) is 0 Å². The molecule has 0 spiro atoms. The molecule has 0 bridgehead atoms. The smallest absolute Gasteiger partial charge is 0.229 e. The number of benzene rings is 2. The van der Waals surface area contributed by atoms with Crippen molar-refractivity contribution in [2.45, 2.75) is 20.3 Å². The summed E-state index contributed by atoms with van der Waals surface area (Å²) in [5, 5.41) is 12.6. The molecule has 0 aliphatic carbocycles. The maximum Gasteiger partial charge on any atom is 0.229 e. The van der Waals surface area contributed by atoms with Crippen molar-refractivity contribution >= 4 is 23.2 Å². The molecule has 1 atom stereocenters. The predicted molar refractivity (Wildman–Crippen MR) is 93.1 cm³/mol. The van der Waals surface area contributed by atoms with E-state index in [-0.39, 0.29) is 24.0 Å². The number of aryl methyl sites for hydroxylation is 2. The van der Waals surface area contributed by atoms with Gasteiger partial charge in [0, 0.05) is 18.7 Å². The second-order valence-corrected chi connectivity index (χ2v) is 6.25. The van der Waals surface area contributed by atoms with E-state index >= 15 is 0 Å². The van der Waals surface area contributed by atoms with E-state index in [0.717, 1.165) is 16.8 Å². The third kappa shape index (κ3) is 3.25. The largest absolute Gasteiger partial charge is 0.506 e. The molecule has 1 heterocycles. The molecule has 1 unspecified atom stereocenters. The second-order valence-electron chi connectivity index (χ2n) is 6.25. The zero-order chi connectivity index (χ0) is 17.3. The van der Waals surface area contributed by atoms with Gasteiger partial charge in [0.25, 0.3) is 0 Å². The van der Waals surface area contributed by atoms with Crippen LogP contribution >= 0.6 is 0 Å². The summed E-state index contributed by atoms with van der Waals surface area (Å²) in [5.41, 5.74) is 3.20. The number of amides is 2. The Morgan fingerprint density at radius 1 is 1.12 bits per heavy atom. The minimum atomic E-state index is -0.431. The van der Waals surface area contributed by atoms with Gasteiger partial charge in [-0.15, -0.1) is 0 Å². The molecule has 2 aromatic rings. The Balaban J connectivity index is 1.70. The highest BCUT2D eigenvalue weighted by atomic mass is 16.3. The van der Waals surface area contributed by atoms with Gasteiger partial charge in [-0.25, -0.2) is 0 Å².